The van der Waals surface area contributed by atoms with Gasteiger partial charge in [-0.1, -0.05) is 12.1 Å². The van der Waals surface area contributed by atoms with E-state index in [1.54, 1.807) is 18.4 Å². The van der Waals surface area contributed by atoms with Gasteiger partial charge in [0, 0.05) is 33.8 Å². The summed E-state index contributed by atoms with van der Waals surface area (Å²) in [7, 11) is -4.73. The Kier molecular flexibility index (Phi) is 4.64. The summed E-state index contributed by atoms with van der Waals surface area (Å²) in [6.07, 6.45) is 3.63. The predicted octanol–water partition coefficient (Wildman–Crippen LogP) is 2.84. The van der Waals surface area contributed by atoms with E-state index in [0.29, 0.717) is 0 Å². The summed E-state index contributed by atoms with van der Waals surface area (Å²) in [6.45, 7) is 1.99. The molecule has 0 aliphatic rings. The van der Waals surface area contributed by atoms with Crippen molar-refractivity contribution >= 4 is 20.8 Å². The highest BCUT2D eigenvalue weighted by Gasteiger charge is 2.11. The van der Waals surface area contributed by atoms with E-state index in [1.807, 2.05) is 48.0 Å². The fourth-order valence-electron chi connectivity index (χ4n) is 2.65. The van der Waals surface area contributed by atoms with Gasteiger partial charge < -0.3 is 4.57 Å². The minimum atomic E-state index is -3.71. The van der Waals surface area contributed by atoms with Crippen LogP contribution in [0.5, 0.6) is 0 Å². The molecule has 0 amide bonds. The van der Waals surface area contributed by atoms with Gasteiger partial charge in [-0.3, -0.25) is 4.21 Å². The van der Waals surface area contributed by atoms with Crippen LogP contribution in [-0.4, -0.2) is 23.4 Å². The van der Waals surface area contributed by atoms with E-state index in [0.717, 1.165) is 27.4 Å². The molecule has 25 heavy (non-hydrogen) atoms. The van der Waals surface area contributed by atoms with Crippen molar-refractivity contribution in [2.45, 2.75) is 16.7 Å². The second-order valence-electron chi connectivity index (χ2n) is 5.79. The lowest BCUT2D eigenvalue weighted by molar-refractivity contribution is 0.598. The van der Waals surface area contributed by atoms with Crippen LogP contribution in [0.25, 0.3) is 16.9 Å². The minimum absolute atomic E-state index is 0.0801. The second-order valence-corrected chi connectivity index (χ2v) is 8.73. The number of sulfonamides is 1. The quantitative estimate of drug-likeness (QED) is 0.762. The van der Waals surface area contributed by atoms with E-state index in [-0.39, 0.29) is 4.90 Å². The molecule has 0 saturated heterocycles. The van der Waals surface area contributed by atoms with Crippen molar-refractivity contribution < 1.29 is 12.6 Å². The Morgan fingerprint density at radius 1 is 1.00 bits per heavy atom. The van der Waals surface area contributed by atoms with Crippen LogP contribution in [0.1, 0.15) is 5.56 Å². The van der Waals surface area contributed by atoms with Gasteiger partial charge in [-0.05, 0) is 60.5 Å². The van der Waals surface area contributed by atoms with Crippen molar-refractivity contribution in [1.82, 2.24) is 4.57 Å². The Morgan fingerprint density at radius 2 is 1.60 bits per heavy atom. The second kappa shape index (κ2) is 6.59. The van der Waals surface area contributed by atoms with Gasteiger partial charge in [-0.15, -0.1) is 0 Å². The third-order valence-corrected chi connectivity index (χ3v) is 5.75. The first-order valence-electron chi connectivity index (χ1n) is 7.52. The van der Waals surface area contributed by atoms with Gasteiger partial charge in [0.05, 0.1) is 10.6 Å². The molecule has 1 unspecified atom stereocenters. The predicted molar refractivity (Wildman–Crippen MR) is 99.6 cm³/mol. The number of primary sulfonamides is 1. The molecule has 0 aliphatic heterocycles. The van der Waals surface area contributed by atoms with Crippen molar-refractivity contribution in [1.29, 1.82) is 0 Å². The van der Waals surface area contributed by atoms with Gasteiger partial charge in [-0.25, -0.2) is 13.6 Å². The molecule has 5 nitrogen and oxygen atoms in total. The summed E-state index contributed by atoms with van der Waals surface area (Å²) in [5.41, 5.74) is 3.86. The Bertz CT molecular complexity index is 1030. The maximum Gasteiger partial charge on any atom is 0.238 e. The molecule has 7 heteroatoms. The number of rotatable bonds is 4. The van der Waals surface area contributed by atoms with E-state index in [1.165, 1.54) is 12.1 Å². The molecule has 0 aliphatic carbocycles. The Labute approximate surface area is 149 Å². The molecule has 2 aromatic carbocycles. The number of hydrogen-bond donors (Lipinski definition) is 1. The number of benzene rings is 2. The van der Waals surface area contributed by atoms with Crippen LogP contribution in [0.4, 0.5) is 0 Å². The van der Waals surface area contributed by atoms with Crippen LogP contribution in [0, 0.1) is 6.92 Å². The third-order valence-electron chi connectivity index (χ3n) is 3.88. The molecular weight excluding hydrogens is 356 g/mol. The zero-order chi connectivity index (χ0) is 18.2. The van der Waals surface area contributed by atoms with Crippen LogP contribution in [0.2, 0.25) is 0 Å². The van der Waals surface area contributed by atoms with E-state index in [4.69, 9.17) is 5.14 Å². The normalized spacial score (nSPS) is 12.9. The summed E-state index contributed by atoms with van der Waals surface area (Å²) in [4.78, 5) is 0.854. The van der Waals surface area contributed by atoms with E-state index in [2.05, 4.69) is 0 Å². The van der Waals surface area contributed by atoms with Crippen LogP contribution in [-0.2, 0) is 20.8 Å². The summed E-state index contributed by atoms with van der Waals surface area (Å²) in [6, 6.07) is 16.0. The average molecular weight is 374 g/mol. The highest BCUT2D eigenvalue weighted by atomic mass is 32.2. The zero-order valence-corrected chi connectivity index (χ0v) is 15.5. The van der Waals surface area contributed by atoms with Gasteiger partial charge in [0.25, 0.3) is 0 Å². The molecule has 130 valence electrons. The molecule has 0 saturated carbocycles. The van der Waals surface area contributed by atoms with Gasteiger partial charge in [0.15, 0.2) is 0 Å². The first kappa shape index (κ1) is 17.6. The zero-order valence-electron chi connectivity index (χ0n) is 13.8. The van der Waals surface area contributed by atoms with Gasteiger partial charge in [-0.2, -0.15) is 0 Å². The number of nitrogens with zero attached hydrogens (tertiary/aromatic N) is 1. The van der Waals surface area contributed by atoms with E-state index in [9.17, 15) is 12.6 Å². The Hall–Kier alpha value is -2.22. The lowest BCUT2D eigenvalue weighted by Crippen LogP contribution is -2.12. The Balaban J connectivity index is 2.05. The smallest absolute Gasteiger partial charge is 0.238 e. The third kappa shape index (κ3) is 3.73. The van der Waals surface area contributed by atoms with E-state index < -0.39 is 20.8 Å². The number of aryl methyl sites for hydroxylation is 1. The number of hydrogen-bond acceptors (Lipinski definition) is 3. The van der Waals surface area contributed by atoms with Crippen molar-refractivity contribution in [3.05, 3.63) is 66.4 Å². The lowest BCUT2D eigenvalue weighted by Gasteiger charge is -2.10. The first-order valence-corrected chi connectivity index (χ1v) is 10.6. The molecule has 0 bridgehead atoms. The summed E-state index contributed by atoms with van der Waals surface area (Å²) >= 11 is 0. The summed E-state index contributed by atoms with van der Waals surface area (Å²) < 4.78 is 36.3. The summed E-state index contributed by atoms with van der Waals surface area (Å²) in [5.74, 6) is 0. The molecule has 1 heterocycles. The summed E-state index contributed by atoms with van der Waals surface area (Å²) in [5, 5.41) is 5.15. The first-order chi connectivity index (χ1) is 11.8. The monoisotopic (exact) mass is 374 g/mol. The highest BCUT2D eigenvalue weighted by molar-refractivity contribution is 7.89. The standard InChI is InChI=1S/C18H18N2O3S2/c1-13-11-18(14-3-7-16(8-4-14)24(2)21)20(12-13)15-5-9-17(10-6-15)25(19,22)23/h3-12H,1-2H3,(H2,19,22,23). The maximum atomic E-state index is 11.5. The number of aromatic nitrogens is 1. The Morgan fingerprint density at radius 3 is 2.12 bits per heavy atom. The molecule has 0 radical (unpaired) electrons. The molecule has 1 aromatic heterocycles. The molecule has 0 spiro atoms. The average Bonchev–Trinajstić information content (AvgIpc) is 2.96. The highest BCUT2D eigenvalue weighted by Crippen LogP contribution is 2.27. The van der Waals surface area contributed by atoms with Crippen LogP contribution < -0.4 is 5.14 Å². The number of nitrogens with two attached hydrogens (primary N) is 1. The fourth-order valence-corrected chi connectivity index (χ4v) is 3.68. The van der Waals surface area contributed by atoms with Crippen molar-refractivity contribution in [3.63, 3.8) is 0 Å². The molecular formula is C18H18N2O3S2. The van der Waals surface area contributed by atoms with Crippen LogP contribution >= 0.6 is 0 Å². The molecule has 3 aromatic rings. The fraction of sp³-hybridized carbons (Fsp3) is 0.111. The van der Waals surface area contributed by atoms with Gasteiger partial charge in [0.2, 0.25) is 10.0 Å². The van der Waals surface area contributed by atoms with Crippen LogP contribution in [0.3, 0.4) is 0 Å². The maximum absolute atomic E-state index is 11.5. The molecule has 2 N–H and O–H groups in total. The molecule has 3 rings (SSSR count). The SMILES string of the molecule is Cc1cc(-c2ccc(S(C)=O)cc2)n(-c2ccc(S(N)(=O)=O)cc2)c1. The van der Waals surface area contributed by atoms with E-state index >= 15 is 0 Å². The lowest BCUT2D eigenvalue weighted by atomic mass is 10.1. The van der Waals surface area contributed by atoms with Crippen LogP contribution in [0.15, 0.2) is 70.6 Å². The molecule has 1 atom stereocenters. The molecule has 0 fully saturated rings. The van der Waals surface area contributed by atoms with Crippen molar-refractivity contribution in [2.75, 3.05) is 6.26 Å². The van der Waals surface area contributed by atoms with Gasteiger partial charge in [0.1, 0.15) is 0 Å². The van der Waals surface area contributed by atoms with Gasteiger partial charge >= 0.3 is 0 Å². The van der Waals surface area contributed by atoms with Crippen molar-refractivity contribution in [3.8, 4) is 16.9 Å². The largest absolute Gasteiger partial charge is 0.316 e. The minimum Gasteiger partial charge on any atom is -0.316 e. The van der Waals surface area contributed by atoms with Crippen molar-refractivity contribution in [2.24, 2.45) is 5.14 Å². The topological polar surface area (TPSA) is 82.2 Å².